The molecule has 4 rings (SSSR count). The molecule has 4 aromatic rings. The van der Waals surface area contributed by atoms with Gasteiger partial charge in [-0.2, -0.15) is 0 Å². The van der Waals surface area contributed by atoms with Crippen molar-refractivity contribution in [1.82, 2.24) is 10.2 Å². The van der Waals surface area contributed by atoms with Crippen molar-refractivity contribution in [3.8, 4) is 5.75 Å². The third-order valence-corrected chi connectivity index (χ3v) is 10.2. The highest BCUT2D eigenvalue weighted by molar-refractivity contribution is 7.92. The van der Waals surface area contributed by atoms with Gasteiger partial charge in [0.1, 0.15) is 18.3 Å². The Morgan fingerprint density at radius 1 is 0.939 bits per heavy atom. The standard InChI is InChI=1S/C35H36Cl2N4O7S/c1-23(2)38-35(43)33(19-25-9-6-5-7-10-25)39(21-29-30(36)11-8-12-31(29)37)34(42)22-40(26-14-16-27(48-4)17-15-26)49(46,47)28-18-13-24(3)32(20-28)41(44)45/h5-18,20,23,33H,19,21-22H2,1-4H3,(H,38,43)/t33-/m1/s1. The van der Waals surface area contributed by atoms with E-state index < -0.39 is 49.9 Å². The van der Waals surface area contributed by atoms with Gasteiger partial charge < -0.3 is 15.0 Å². The smallest absolute Gasteiger partial charge is 0.273 e. The molecule has 0 spiro atoms. The molecule has 14 heteroatoms. The first-order chi connectivity index (χ1) is 23.2. The average Bonchev–Trinajstić information content (AvgIpc) is 3.06. The predicted molar refractivity (Wildman–Crippen MR) is 190 cm³/mol. The molecule has 1 atom stereocenters. The highest BCUT2D eigenvalue weighted by Crippen LogP contribution is 2.31. The van der Waals surface area contributed by atoms with Crippen molar-refractivity contribution in [3.63, 3.8) is 0 Å². The van der Waals surface area contributed by atoms with Gasteiger partial charge in [0.2, 0.25) is 11.8 Å². The maximum Gasteiger partial charge on any atom is 0.273 e. The molecule has 0 aliphatic heterocycles. The maximum absolute atomic E-state index is 14.6. The van der Waals surface area contributed by atoms with Gasteiger partial charge >= 0.3 is 0 Å². The molecule has 0 aliphatic carbocycles. The highest BCUT2D eigenvalue weighted by Gasteiger charge is 2.36. The first kappa shape index (κ1) is 37.2. The molecular formula is C35H36Cl2N4O7S. The largest absolute Gasteiger partial charge is 0.497 e. The van der Waals surface area contributed by atoms with E-state index in [2.05, 4.69) is 5.32 Å². The van der Waals surface area contributed by atoms with Crippen LogP contribution in [0.3, 0.4) is 0 Å². The van der Waals surface area contributed by atoms with E-state index >= 15 is 0 Å². The Kier molecular flexibility index (Phi) is 12.3. The number of rotatable bonds is 14. The first-order valence-corrected chi connectivity index (χ1v) is 17.4. The van der Waals surface area contributed by atoms with E-state index in [4.69, 9.17) is 27.9 Å². The van der Waals surface area contributed by atoms with Crippen LogP contribution in [0.1, 0.15) is 30.5 Å². The summed E-state index contributed by atoms with van der Waals surface area (Å²) in [5, 5.41) is 15.1. The molecule has 0 aliphatic rings. The van der Waals surface area contributed by atoms with Crippen LogP contribution in [0.5, 0.6) is 5.75 Å². The zero-order valence-corrected chi connectivity index (χ0v) is 29.6. The molecule has 0 aromatic heterocycles. The Morgan fingerprint density at radius 2 is 1.57 bits per heavy atom. The summed E-state index contributed by atoms with van der Waals surface area (Å²) < 4.78 is 34.7. The third kappa shape index (κ3) is 9.08. The Hall–Kier alpha value is -4.65. The number of nitrogens with zero attached hydrogens (tertiary/aromatic N) is 3. The van der Waals surface area contributed by atoms with Crippen LogP contribution in [0.15, 0.2) is 95.9 Å². The minimum atomic E-state index is -4.60. The molecule has 0 bridgehead atoms. The number of sulfonamides is 1. The number of hydrogen-bond acceptors (Lipinski definition) is 7. The molecule has 49 heavy (non-hydrogen) atoms. The number of benzene rings is 4. The van der Waals surface area contributed by atoms with Crippen molar-refractivity contribution in [1.29, 1.82) is 0 Å². The summed E-state index contributed by atoms with van der Waals surface area (Å²) in [5.41, 5.74) is 1.06. The molecule has 11 nitrogen and oxygen atoms in total. The lowest BCUT2D eigenvalue weighted by Crippen LogP contribution is -2.54. The van der Waals surface area contributed by atoms with Crippen LogP contribution in [-0.2, 0) is 32.6 Å². The number of carbonyl (C=O) groups excluding carboxylic acids is 2. The molecule has 0 unspecified atom stereocenters. The molecule has 0 saturated heterocycles. The molecular weight excluding hydrogens is 691 g/mol. The Labute approximate surface area is 295 Å². The quantitative estimate of drug-likeness (QED) is 0.114. The van der Waals surface area contributed by atoms with Crippen LogP contribution in [0.2, 0.25) is 10.0 Å². The third-order valence-electron chi connectivity index (χ3n) is 7.70. The number of nitro benzene ring substituents is 1. The van der Waals surface area contributed by atoms with E-state index in [1.54, 1.807) is 32.0 Å². The summed E-state index contributed by atoms with van der Waals surface area (Å²) >= 11 is 13.1. The number of amides is 2. The van der Waals surface area contributed by atoms with Gasteiger partial charge in [-0.15, -0.1) is 0 Å². The van der Waals surface area contributed by atoms with Crippen molar-refractivity contribution in [2.45, 2.75) is 50.7 Å². The van der Waals surface area contributed by atoms with Gasteiger partial charge in [-0.05, 0) is 68.8 Å². The fraction of sp³-hybridized carbons (Fsp3) is 0.257. The summed E-state index contributed by atoms with van der Waals surface area (Å²) in [6.07, 6.45) is 0.0899. The fourth-order valence-corrected chi connectivity index (χ4v) is 7.09. The van der Waals surface area contributed by atoms with Gasteiger partial charge in [0, 0.05) is 46.2 Å². The highest BCUT2D eigenvalue weighted by atomic mass is 35.5. The van der Waals surface area contributed by atoms with Gasteiger partial charge in [0.05, 0.1) is 22.6 Å². The molecule has 4 aromatic carbocycles. The van der Waals surface area contributed by atoms with Crippen LogP contribution in [-0.4, -0.2) is 55.8 Å². The summed E-state index contributed by atoms with van der Waals surface area (Å²) in [5.74, 6) is -0.790. The number of nitrogens with one attached hydrogen (secondary N) is 1. The van der Waals surface area contributed by atoms with Crippen LogP contribution in [0.4, 0.5) is 11.4 Å². The Bertz CT molecular complexity index is 1900. The Balaban J connectivity index is 1.88. The molecule has 0 radical (unpaired) electrons. The van der Waals surface area contributed by atoms with Crippen molar-refractivity contribution in [2.75, 3.05) is 18.0 Å². The van der Waals surface area contributed by atoms with Crippen molar-refractivity contribution >= 4 is 56.4 Å². The van der Waals surface area contributed by atoms with Crippen LogP contribution >= 0.6 is 23.2 Å². The summed E-state index contributed by atoms with van der Waals surface area (Å²) in [7, 11) is -3.15. The van der Waals surface area contributed by atoms with E-state index in [1.165, 1.54) is 55.3 Å². The fourth-order valence-electron chi connectivity index (χ4n) is 5.14. The number of hydrogen-bond donors (Lipinski definition) is 1. The van der Waals surface area contributed by atoms with E-state index in [9.17, 15) is 28.1 Å². The van der Waals surface area contributed by atoms with Crippen LogP contribution < -0.4 is 14.4 Å². The van der Waals surface area contributed by atoms with E-state index in [0.717, 1.165) is 15.9 Å². The minimum Gasteiger partial charge on any atom is -0.497 e. The number of anilines is 1. The van der Waals surface area contributed by atoms with Gasteiger partial charge in [-0.3, -0.25) is 24.0 Å². The van der Waals surface area contributed by atoms with E-state index in [-0.39, 0.29) is 40.3 Å². The number of aryl methyl sites for hydroxylation is 1. The van der Waals surface area contributed by atoms with Crippen LogP contribution in [0, 0.1) is 17.0 Å². The van der Waals surface area contributed by atoms with Gasteiger partial charge in [0.15, 0.2) is 0 Å². The molecule has 1 N–H and O–H groups in total. The monoisotopic (exact) mass is 726 g/mol. The lowest BCUT2D eigenvalue weighted by atomic mass is 10.0. The maximum atomic E-state index is 14.6. The second kappa shape index (κ2) is 16.2. The second-order valence-corrected chi connectivity index (χ2v) is 14.2. The topological polar surface area (TPSA) is 139 Å². The second-order valence-electron chi connectivity index (χ2n) is 11.5. The SMILES string of the molecule is COc1ccc(N(CC(=O)N(Cc2c(Cl)cccc2Cl)[C@H](Cc2ccccc2)C(=O)NC(C)C)S(=O)(=O)c2ccc(C)c([N+](=O)[O-])c2)cc1. The van der Waals surface area contributed by atoms with Crippen molar-refractivity contribution in [2.24, 2.45) is 0 Å². The predicted octanol–water partition coefficient (Wildman–Crippen LogP) is 6.58. The van der Waals surface area contributed by atoms with Crippen LogP contribution in [0.25, 0.3) is 0 Å². The number of ether oxygens (including phenoxy) is 1. The normalized spacial score (nSPS) is 11.9. The molecule has 0 heterocycles. The minimum absolute atomic E-state index is 0.0827. The molecule has 0 fully saturated rings. The Morgan fingerprint density at radius 3 is 2.14 bits per heavy atom. The zero-order valence-electron chi connectivity index (χ0n) is 27.3. The van der Waals surface area contributed by atoms with Gasteiger partial charge in [0.25, 0.3) is 15.7 Å². The molecule has 0 saturated carbocycles. The van der Waals surface area contributed by atoms with Crippen molar-refractivity contribution in [3.05, 3.63) is 128 Å². The van der Waals surface area contributed by atoms with Gasteiger partial charge in [-0.1, -0.05) is 65.7 Å². The number of halogens is 2. The zero-order chi connectivity index (χ0) is 35.9. The number of nitro groups is 1. The van der Waals surface area contributed by atoms with Crippen molar-refractivity contribution < 1.29 is 27.7 Å². The van der Waals surface area contributed by atoms with E-state index in [1.807, 2.05) is 30.3 Å². The summed E-state index contributed by atoms with van der Waals surface area (Å²) in [4.78, 5) is 40.4. The first-order valence-electron chi connectivity index (χ1n) is 15.2. The average molecular weight is 728 g/mol. The van der Waals surface area contributed by atoms with Gasteiger partial charge in [-0.25, -0.2) is 8.42 Å². The lowest BCUT2D eigenvalue weighted by Gasteiger charge is -2.34. The lowest BCUT2D eigenvalue weighted by molar-refractivity contribution is -0.385. The summed E-state index contributed by atoms with van der Waals surface area (Å²) in [6.45, 7) is 4.05. The van der Waals surface area contributed by atoms with E-state index in [0.29, 0.717) is 11.3 Å². The number of methoxy groups -OCH3 is 1. The summed E-state index contributed by atoms with van der Waals surface area (Å²) in [6, 6.07) is 22.0. The molecule has 258 valence electrons. The molecule has 2 amide bonds. The number of carbonyl (C=O) groups is 2.